The number of carbonyl (C=O) groups excluding carboxylic acids is 1. The minimum atomic E-state index is -4.56. The second kappa shape index (κ2) is 6.93. The lowest BCUT2D eigenvalue weighted by atomic mass is 9.72. The third-order valence-corrected chi connectivity index (χ3v) is 5.30. The maximum absolute atomic E-state index is 13.3. The van der Waals surface area contributed by atoms with Crippen molar-refractivity contribution in [3.63, 3.8) is 0 Å². The normalized spacial score (nSPS) is 25.1. The monoisotopic (exact) mass is 395 g/mol. The number of allylic oxidation sites excluding steroid dienone is 2. The summed E-state index contributed by atoms with van der Waals surface area (Å²) in [6.07, 6.45) is -0.551. The van der Waals surface area contributed by atoms with Gasteiger partial charge in [-0.15, -0.1) is 0 Å². The van der Waals surface area contributed by atoms with Crippen LogP contribution in [0.3, 0.4) is 0 Å². The zero-order valence-electron chi connectivity index (χ0n) is 14.5. The molecule has 2 aliphatic rings. The largest absolute Gasteiger partial charge is 0.406 e. The van der Waals surface area contributed by atoms with Crippen molar-refractivity contribution in [2.75, 3.05) is 6.54 Å². The molecule has 1 aliphatic heterocycles. The predicted octanol–water partition coefficient (Wildman–Crippen LogP) is 4.57. The number of alkyl halides is 3. The lowest BCUT2D eigenvalue weighted by Gasteiger charge is -2.52. The van der Waals surface area contributed by atoms with Crippen molar-refractivity contribution in [3.8, 4) is 6.07 Å². The average molecular weight is 396 g/mol. The van der Waals surface area contributed by atoms with Gasteiger partial charge in [-0.05, 0) is 42.2 Å². The maximum Gasteiger partial charge on any atom is 0.406 e. The van der Waals surface area contributed by atoms with E-state index in [1.165, 1.54) is 0 Å². The number of amides is 2. The van der Waals surface area contributed by atoms with E-state index in [9.17, 15) is 18.0 Å². The van der Waals surface area contributed by atoms with Gasteiger partial charge in [-0.3, -0.25) is 0 Å². The van der Waals surface area contributed by atoms with Crippen LogP contribution in [0.2, 0.25) is 0 Å². The molecular formula is C19H17ClF3N3O. The van der Waals surface area contributed by atoms with Crippen molar-refractivity contribution in [1.82, 2.24) is 10.2 Å². The first kappa shape index (κ1) is 19.3. The molecule has 1 saturated heterocycles. The maximum atomic E-state index is 13.3. The number of carbonyl (C=O) groups is 1. The Balaban J connectivity index is 2.23. The highest BCUT2D eigenvalue weighted by Crippen LogP contribution is 2.47. The number of fused-ring (bicyclic) bond motifs is 1. The molecule has 1 fully saturated rings. The summed E-state index contributed by atoms with van der Waals surface area (Å²) >= 11 is 6.16. The molecule has 2 amide bonds. The number of nitrogens with zero attached hydrogens (tertiary/aromatic N) is 2. The Labute approximate surface area is 159 Å². The van der Waals surface area contributed by atoms with Crippen LogP contribution < -0.4 is 5.32 Å². The van der Waals surface area contributed by atoms with Crippen LogP contribution in [0.25, 0.3) is 0 Å². The minimum Gasteiger partial charge on any atom is -0.331 e. The van der Waals surface area contributed by atoms with Crippen molar-refractivity contribution < 1.29 is 18.0 Å². The van der Waals surface area contributed by atoms with Gasteiger partial charge in [-0.25, -0.2) is 4.79 Å². The molecule has 2 atom stereocenters. The molecule has 0 aromatic heterocycles. The van der Waals surface area contributed by atoms with Crippen molar-refractivity contribution >= 4 is 17.6 Å². The van der Waals surface area contributed by atoms with Gasteiger partial charge in [-0.2, -0.15) is 18.4 Å². The van der Waals surface area contributed by atoms with E-state index in [4.69, 9.17) is 16.9 Å². The molecule has 27 heavy (non-hydrogen) atoms. The molecule has 3 rings (SSSR count). The van der Waals surface area contributed by atoms with E-state index in [1.54, 1.807) is 43.3 Å². The SMILES string of the molecule is CCC1(c2ccc(C#N)cc2)C2=CC(Cl)=CCC2NC(=O)N1CC(F)(F)F. The fourth-order valence-corrected chi connectivity index (χ4v) is 4.10. The van der Waals surface area contributed by atoms with Gasteiger partial charge >= 0.3 is 12.2 Å². The van der Waals surface area contributed by atoms with Gasteiger partial charge in [0.1, 0.15) is 6.54 Å². The molecule has 1 N–H and O–H groups in total. The van der Waals surface area contributed by atoms with Crippen LogP contribution in [-0.4, -0.2) is 29.7 Å². The summed E-state index contributed by atoms with van der Waals surface area (Å²) in [6.45, 7) is 0.350. The highest BCUT2D eigenvalue weighted by molar-refractivity contribution is 6.31. The minimum absolute atomic E-state index is 0.231. The predicted molar refractivity (Wildman–Crippen MR) is 94.8 cm³/mol. The van der Waals surface area contributed by atoms with E-state index in [0.717, 1.165) is 4.90 Å². The van der Waals surface area contributed by atoms with Gasteiger partial charge in [0.15, 0.2) is 0 Å². The van der Waals surface area contributed by atoms with E-state index < -0.39 is 30.3 Å². The van der Waals surface area contributed by atoms with Gasteiger partial charge in [0.2, 0.25) is 0 Å². The molecule has 4 nitrogen and oxygen atoms in total. The fraction of sp³-hybridized carbons (Fsp3) is 0.368. The summed E-state index contributed by atoms with van der Waals surface area (Å²) in [5.74, 6) is 0. The Bertz CT molecular complexity index is 854. The van der Waals surface area contributed by atoms with Gasteiger partial charge < -0.3 is 10.2 Å². The number of halogens is 4. The second-order valence-corrected chi connectivity index (χ2v) is 6.97. The molecule has 0 radical (unpaired) electrons. The Morgan fingerprint density at radius 1 is 1.37 bits per heavy atom. The van der Waals surface area contributed by atoms with Crippen molar-refractivity contribution in [2.45, 2.75) is 37.5 Å². The standard InChI is InChI=1S/C19H17ClF3N3O/c1-2-18(13-5-3-12(10-24)4-6-13)15-9-14(20)7-8-16(15)25-17(27)26(18)11-19(21,22)23/h3-7,9,16H,2,8,11H2,1H3,(H,25,27). The van der Waals surface area contributed by atoms with Crippen LogP contribution in [0.4, 0.5) is 18.0 Å². The molecule has 0 bridgehead atoms. The molecule has 1 aromatic rings. The number of urea groups is 1. The Morgan fingerprint density at radius 2 is 2.04 bits per heavy atom. The zero-order chi connectivity index (χ0) is 19.8. The second-order valence-electron chi connectivity index (χ2n) is 6.53. The number of benzene rings is 1. The third kappa shape index (κ3) is 3.42. The lowest BCUT2D eigenvalue weighted by Crippen LogP contribution is -2.65. The lowest BCUT2D eigenvalue weighted by molar-refractivity contribution is -0.151. The number of nitriles is 1. The summed E-state index contributed by atoms with van der Waals surface area (Å²) in [5, 5.41) is 12.1. The molecule has 1 heterocycles. The summed E-state index contributed by atoms with van der Waals surface area (Å²) in [4.78, 5) is 13.5. The fourth-order valence-electron chi connectivity index (χ4n) is 3.89. The van der Waals surface area contributed by atoms with Crippen LogP contribution in [0.1, 0.15) is 30.9 Å². The van der Waals surface area contributed by atoms with Crippen LogP contribution in [-0.2, 0) is 5.54 Å². The van der Waals surface area contributed by atoms with Crippen LogP contribution in [0.5, 0.6) is 0 Å². The van der Waals surface area contributed by atoms with Gasteiger partial charge in [0, 0.05) is 5.03 Å². The summed E-state index contributed by atoms with van der Waals surface area (Å²) in [5.41, 5.74) is 0.224. The topological polar surface area (TPSA) is 56.1 Å². The highest BCUT2D eigenvalue weighted by atomic mass is 35.5. The number of nitrogens with one attached hydrogen (secondary N) is 1. The zero-order valence-corrected chi connectivity index (χ0v) is 15.2. The molecule has 1 aliphatic carbocycles. The number of hydrogen-bond donors (Lipinski definition) is 1. The van der Waals surface area contributed by atoms with E-state index in [0.29, 0.717) is 28.2 Å². The molecule has 8 heteroatoms. The van der Waals surface area contributed by atoms with Crippen molar-refractivity contribution in [2.24, 2.45) is 0 Å². The van der Waals surface area contributed by atoms with E-state index >= 15 is 0 Å². The van der Waals surface area contributed by atoms with Crippen molar-refractivity contribution in [1.29, 1.82) is 5.26 Å². The first-order valence-corrected chi connectivity index (χ1v) is 8.82. The smallest absolute Gasteiger partial charge is 0.331 e. The Morgan fingerprint density at radius 3 is 2.59 bits per heavy atom. The first-order chi connectivity index (χ1) is 12.7. The summed E-state index contributed by atoms with van der Waals surface area (Å²) < 4.78 is 39.9. The Hall–Kier alpha value is -2.46. The molecule has 2 unspecified atom stereocenters. The first-order valence-electron chi connectivity index (χ1n) is 8.44. The van der Waals surface area contributed by atoms with Crippen LogP contribution >= 0.6 is 11.6 Å². The highest BCUT2D eigenvalue weighted by Gasteiger charge is 2.53. The van der Waals surface area contributed by atoms with Crippen LogP contribution in [0, 0.1) is 11.3 Å². The number of rotatable bonds is 3. The van der Waals surface area contributed by atoms with Crippen molar-refractivity contribution in [3.05, 3.63) is 58.1 Å². The van der Waals surface area contributed by atoms with Gasteiger partial charge in [-0.1, -0.05) is 36.7 Å². The van der Waals surface area contributed by atoms with Crippen LogP contribution in [0.15, 0.2) is 47.0 Å². The van der Waals surface area contributed by atoms with E-state index in [-0.39, 0.29) is 6.42 Å². The van der Waals surface area contributed by atoms with E-state index in [2.05, 4.69) is 5.32 Å². The molecule has 0 saturated carbocycles. The third-order valence-electron chi connectivity index (χ3n) is 5.04. The Kier molecular flexibility index (Phi) is 4.96. The quantitative estimate of drug-likeness (QED) is 0.814. The van der Waals surface area contributed by atoms with Gasteiger partial charge in [0.05, 0.1) is 23.2 Å². The average Bonchev–Trinajstić information content (AvgIpc) is 2.62. The van der Waals surface area contributed by atoms with E-state index in [1.807, 2.05) is 6.07 Å². The molecule has 142 valence electrons. The molecular weight excluding hydrogens is 379 g/mol. The molecule has 1 aromatic carbocycles. The summed E-state index contributed by atoms with van der Waals surface area (Å²) in [7, 11) is 0. The number of hydrogen-bond acceptors (Lipinski definition) is 2. The summed E-state index contributed by atoms with van der Waals surface area (Å²) in [6, 6.07) is 7.09. The molecule has 0 spiro atoms. The van der Waals surface area contributed by atoms with Gasteiger partial charge in [0.25, 0.3) is 0 Å².